The average Bonchev–Trinajstić information content (AvgIpc) is 2.40. The van der Waals surface area contributed by atoms with E-state index in [0.717, 1.165) is 0 Å². The second kappa shape index (κ2) is 11.1. The molecule has 0 aliphatic rings. The predicted molar refractivity (Wildman–Crippen MR) is 62.6 cm³/mol. The van der Waals surface area contributed by atoms with Crippen LogP contribution in [0.4, 0.5) is 0 Å². The summed E-state index contributed by atoms with van der Waals surface area (Å²) in [6.07, 6.45) is 2.92. The van der Waals surface area contributed by atoms with Gasteiger partial charge in [-0.25, -0.2) is 0 Å². The van der Waals surface area contributed by atoms with E-state index in [2.05, 4.69) is 10.2 Å². The molecule has 0 radical (unpaired) electrons. The molecule has 6 heteroatoms. The van der Waals surface area contributed by atoms with E-state index in [1.807, 2.05) is 24.3 Å². The largest absolute Gasteiger partial charge is 0.198 e. The second-order valence-electron chi connectivity index (χ2n) is 3.62. The highest BCUT2D eigenvalue weighted by Crippen LogP contribution is 2.08. The Kier molecular flexibility index (Phi) is 9.56. The maximum atomic E-state index is 8.81. The van der Waals surface area contributed by atoms with Crippen LogP contribution >= 0.6 is 0 Å². The minimum absolute atomic E-state index is 0.386. The molecule has 2 unspecified atom stereocenters. The molecule has 18 heavy (non-hydrogen) atoms. The van der Waals surface area contributed by atoms with Crippen LogP contribution in [0, 0.1) is 45.3 Å². The van der Waals surface area contributed by atoms with E-state index in [1.54, 1.807) is 0 Å². The van der Waals surface area contributed by atoms with Crippen molar-refractivity contribution in [1.82, 2.24) is 0 Å². The monoisotopic (exact) mass is 242 g/mol. The minimum atomic E-state index is -0.592. The van der Waals surface area contributed by atoms with E-state index < -0.39 is 12.1 Å². The van der Waals surface area contributed by atoms with E-state index in [4.69, 9.17) is 21.0 Å². The third kappa shape index (κ3) is 7.80. The minimum Gasteiger partial charge on any atom is -0.198 e. The lowest BCUT2D eigenvalue weighted by Crippen LogP contribution is -2.04. The summed E-state index contributed by atoms with van der Waals surface area (Å²) in [5.41, 5.74) is 0. The quantitative estimate of drug-likeness (QED) is 0.479. The Balaban J connectivity index is 4.14. The molecular weight excluding hydrogens is 228 g/mol. The number of nitrogens with zero attached hydrogens (tertiary/aromatic N) is 6. The highest BCUT2D eigenvalue weighted by atomic mass is 15.1. The van der Waals surface area contributed by atoms with Gasteiger partial charge >= 0.3 is 0 Å². The van der Waals surface area contributed by atoms with Crippen molar-refractivity contribution in [3.05, 3.63) is 0 Å². The van der Waals surface area contributed by atoms with Gasteiger partial charge in [0.05, 0.1) is 24.3 Å². The summed E-state index contributed by atoms with van der Waals surface area (Å²) in [7, 11) is 0. The van der Waals surface area contributed by atoms with Crippen LogP contribution in [0.25, 0.3) is 0 Å². The zero-order chi connectivity index (χ0) is 13.6. The van der Waals surface area contributed by atoms with Gasteiger partial charge in [-0.3, -0.25) is 0 Å². The van der Waals surface area contributed by atoms with Gasteiger partial charge in [0.2, 0.25) is 0 Å². The number of rotatable bonds is 8. The van der Waals surface area contributed by atoms with E-state index in [1.165, 1.54) is 0 Å². The number of unbranched alkanes of at least 4 members (excludes halogenated alkanes) is 2. The third-order valence-electron chi connectivity index (χ3n) is 2.18. The normalized spacial score (nSPS) is 12.9. The van der Waals surface area contributed by atoms with Gasteiger partial charge in [-0.2, -0.15) is 31.3 Å². The maximum absolute atomic E-state index is 8.81. The van der Waals surface area contributed by atoms with Crippen LogP contribution in [0.15, 0.2) is 10.2 Å². The first-order valence-electron chi connectivity index (χ1n) is 5.71. The Morgan fingerprint density at radius 1 is 0.722 bits per heavy atom. The zero-order valence-electron chi connectivity index (χ0n) is 10.1. The van der Waals surface area contributed by atoms with Crippen LogP contribution in [0.3, 0.4) is 0 Å². The fraction of sp³-hybridized carbons (Fsp3) is 0.667. The van der Waals surface area contributed by atoms with Gasteiger partial charge in [0.1, 0.15) is 0 Å². The van der Waals surface area contributed by atoms with Crippen molar-refractivity contribution >= 4 is 0 Å². The van der Waals surface area contributed by atoms with Gasteiger partial charge < -0.3 is 0 Å². The Labute approximate surface area is 107 Å². The van der Waals surface area contributed by atoms with Crippen molar-refractivity contribution in [1.29, 1.82) is 21.0 Å². The van der Waals surface area contributed by atoms with Crippen LogP contribution < -0.4 is 0 Å². The molecule has 0 spiro atoms. The fourth-order valence-electron chi connectivity index (χ4n) is 1.21. The maximum Gasteiger partial charge on any atom is 0.157 e. The van der Waals surface area contributed by atoms with Crippen molar-refractivity contribution in [2.24, 2.45) is 10.2 Å². The second-order valence-corrected chi connectivity index (χ2v) is 3.62. The van der Waals surface area contributed by atoms with Gasteiger partial charge in [0.25, 0.3) is 0 Å². The van der Waals surface area contributed by atoms with Crippen LogP contribution in [0.2, 0.25) is 0 Å². The molecule has 92 valence electrons. The topological polar surface area (TPSA) is 120 Å². The lowest BCUT2D eigenvalue weighted by Gasteiger charge is -2.02. The molecule has 0 bridgehead atoms. The fourth-order valence-corrected chi connectivity index (χ4v) is 1.21. The van der Waals surface area contributed by atoms with Crippen molar-refractivity contribution < 1.29 is 0 Å². The Hall–Kier alpha value is -2.44. The van der Waals surface area contributed by atoms with Crippen LogP contribution in [0.5, 0.6) is 0 Å². The van der Waals surface area contributed by atoms with Crippen molar-refractivity contribution in [2.75, 3.05) is 0 Å². The summed E-state index contributed by atoms with van der Waals surface area (Å²) < 4.78 is 0. The summed E-state index contributed by atoms with van der Waals surface area (Å²) >= 11 is 0. The average molecular weight is 242 g/mol. The van der Waals surface area contributed by atoms with Crippen molar-refractivity contribution in [3.8, 4) is 24.3 Å². The third-order valence-corrected chi connectivity index (χ3v) is 2.18. The molecule has 0 aliphatic carbocycles. The molecule has 2 atom stereocenters. The summed E-state index contributed by atoms with van der Waals surface area (Å²) in [5.74, 6) is 0. The number of hydrogen-bond donors (Lipinski definition) is 0. The van der Waals surface area contributed by atoms with Crippen molar-refractivity contribution in [3.63, 3.8) is 0 Å². The summed E-state index contributed by atoms with van der Waals surface area (Å²) in [6, 6.07) is 6.75. The van der Waals surface area contributed by atoms with Crippen LogP contribution in [-0.4, -0.2) is 12.1 Å². The van der Waals surface area contributed by atoms with Gasteiger partial charge in [0.15, 0.2) is 12.1 Å². The van der Waals surface area contributed by atoms with Crippen LogP contribution in [-0.2, 0) is 0 Å². The van der Waals surface area contributed by atoms with Gasteiger partial charge in [-0.15, -0.1) is 0 Å². The van der Waals surface area contributed by atoms with E-state index in [0.29, 0.717) is 38.5 Å². The van der Waals surface area contributed by atoms with Gasteiger partial charge in [-0.05, 0) is 25.7 Å². The molecule has 0 rings (SSSR count). The Morgan fingerprint density at radius 3 is 1.39 bits per heavy atom. The first-order chi connectivity index (χ1) is 8.78. The van der Waals surface area contributed by atoms with E-state index in [-0.39, 0.29) is 0 Å². The number of hydrogen-bond acceptors (Lipinski definition) is 6. The van der Waals surface area contributed by atoms with Crippen molar-refractivity contribution in [2.45, 2.75) is 50.6 Å². The zero-order valence-corrected chi connectivity index (χ0v) is 10.1. The van der Waals surface area contributed by atoms with Gasteiger partial charge in [0, 0.05) is 12.8 Å². The highest BCUT2D eigenvalue weighted by Gasteiger charge is 2.08. The predicted octanol–water partition coefficient (Wildman–Crippen LogP) is 2.61. The molecule has 0 saturated heterocycles. The molecule has 0 fully saturated rings. The number of azo groups is 1. The lowest BCUT2D eigenvalue weighted by atomic mass is 10.1. The molecule has 0 aromatic rings. The summed E-state index contributed by atoms with van der Waals surface area (Å²) in [5, 5.41) is 42.0. The van der Waals surface area contributed by atoms with E-state index >= 15 is 0 Å². The molecule has 0 aliphatic heterocycles. The Bertz CT molecular complexity index is 374. The Morgan fingerprint density at radius 2 is 1.11 bits per heavy atom. The summed E-state index contributed by atoms with van der Waals surface area (Å²) in [4.78, 5) is 0. The molecular formula is C12H14N6. The molecule has 0 N–H and O–H groups in total. The molecule has 0 saturated carbocycles. The lowest BCUT2D eigenvalue weighted by molar-refractivity contribution is 0.603. The summed E-state index contributed by atoms with van der Waals surface area (Å²) in [6.45, 7) is 0. The highest BCUT2D eigenvalue weighted by molar-refractivity contribution is 4.93. The molecule has 6 nitrogen and oxygen atoms in total. The van der Waals surface area contributed by atoms with Crippen LogP contribution in [0.1, 0.15) is 38.5 Å². The molecule has 0 aromatic carbocycles. The SMILES string of the molecule is N#CCCCC(C#N)N=NC(C#N)CCCC#N. The molecule has 0 heterocycles. The molecule has 0 amide bonds. The van der Waals surface area contributed by atoms with E-state index in [9.17, 15) is 0 Å². The number of nitriles is 4. The molecule has 0 aromatic heterocycles. The first kappa shape index (κ1) is 15.6. The first-order valence-corrected chi connectivity index (χ1v) is 5.71. The smallest absolute Gasteiger partial charge is 0.157 e. The van der Waals surface area contributed by atoms with Gasteiger partial charge in [-0.1, -0.05) is 0 Å². The standard InChI is InChI=1S/C12H14N6/c13-7-3-1-5-11(9-15)17-18-12(10-16)6-2-4-8-14/h11-12H,1-6H2.